The summed E-state index contributed by atoms with van der Waals surface area (Å²) in [5, 5.41) is 5.83. The molecule has 0 spiro atoms. The molecule has 0 atom stereocenters. The van der Waals surface area contributed by atoms with Crippen molar-refractivity contribution in [3.8, 4) is 5.69 Å². The number of hydrogen-bond donors (Lipinski definition) is 1. The van der Waals surface area contributed by atoms with E-state index in [4.69, 9.17) is 9.47 Å². The third-order valence-corrected chi connectivity index (χ3v) is 5.57. The average molecular weight is 451 g/mol. The average Bonchev–Trinajstić information content (AvgIpc) is 3.36. The number of hydrazine groups is 1. The number of methoxy groups -OCH3 is 1. The molecule has 33 heavy (non-hydrogen) atoms. The van der Waals surface area contributed by atoms with Crippen LogP contribution in [0.5, 0.6) is 0 Å². The molecule has 1 fully saturated rings. The van der Waals surface area contributed by atoms with Crippen LogP contribution < -0.4 is 15.3 Å². The van der Waals surface area contributed by atoms with Crippen molar-refractivity contribution in [2.24, 2.45) is 0 Å². The summed E-state index contributed by atoms with van der Waals surface area (Å²) in [6, 6.07) is 13.9. The van der Waals surface area contributed by atoms with Gasteiger partial charge in [0.25, 0.3) is 0 Å². The first kappa shape index (κ1) is 21.0. The molecule has 0 saturated carbocycles. The monoisotopic (exact) mass is 451 g/mol. The summed E-state index contributed by atoms with van der Waals surface area (Å²) in [5.41, 5.74) is 5.64. The number of para-hydroxylation sites is 1. The molecule has 2 aliphatic heterocycles. The molecule has 1 aromatic heterocycles. The lowest BCUT2D eigenvalue weighted by Crippen LogP contribution is -2.38. The van der Waals surface area contributed by atoms with Gasteiger partial charge >= 0.3 is 0 Å². The Labute approximate surface area is 190 Å². The zero-order valence-electron chi connectivity index (χ0n) is 18.0. The van der Waals surface area contributed by atoms with E-state index in [0.717, 1.165) is 11.4 Å². The number of nitrogens with zero attached hydrogens (tertiary/aromatic N) is 4. The Bertz CT molecular complexity index is 1200. The van der Waals surface area contributed by atoms with Crippen molar-refractivity contribution in [3.05, 3.63) is 90.1 Å². The Balaban J connectivity index is 1.48. The van der Waals surface area contributed by atoms with Crippen LogP contribution in [-0.2, 0) is 9.47 Å². The summed E-state index contributed by atoms with van der Waals surface area (Å²) in [6.07, 6.45) is 5.03. The van der Waals surface area contributed by atoms with Gasteiger partial charge in [-0.1, -0.05) is 18.2 Å². The second-order valence-electron chi connectivity index (χ2n) is 7.59. The summed E-state index contributed by atoms with van der Waals surface area (Å²) in [4.78, 5) is 1.79. The largest absolute Gasteiger partial charge is 0.495 e. The van der Waals surface area contributed by atoms with Gasteiger partial charge in [0, 0.05) is 31.3 Å². The molecule has 7 nitrogen and oxygen atoms in total. The number of benzene rings is 2. The fourth-order valence-electron chi connectivity index (χ4n) is 3.91. The van der Waals surface area contributed by atoms with Crippen LogP contribution in [0, 0.1) is 11.6 Å². The molecule has 9 heteroatoms. The Kier molecular flexibility index (Phi) is 5.70. The first-order chi connectivity index (χ1) is 16.1. The Morgan fingerprint density at radius 2 is 1.73 bits per heavy atom. The number of rotatable bonds is 5. The smallest absolute Gasteiger partial charge is 0.151 e. The van der Waals surface area contributed by atoms with E-state index < -0.39 is 11.6 Å². The van der Waals surface area contributed by atoms with E-state index >= 15 is 8.78 Å². The molecule has 170 valence electrons. The lowest BCUT2D eigenvalue weighted by Gasteiger charge is -2.31. The lowest BCUT2D eigenvalue weighted by atomic mass is 10.2. The van der Waals surface area contributed by atoms with E-state index in [2.05, 4.69) is 10.5 Å². The minimum atomic E-state index is -0.560. The Hall–Kier alpha value is -3.85. The molecule has 1 saturated heterocycles. The minimum Gasteiger partial charge on any atom is -0.495 e. The number of halogens is 2. The molecule has 3 heterocycles. The highest BCUT2D eigenvalue weighted by Gasteiger charge is 2.24. The predicted molar refractivity (Wildman–Crippen MR) is 122 cm³/mol. The summed E-state index contributed by atoms with van der Waals surface area (Å²) in [6.45, 7) is 2.00. The van der Waals surface area contributed by atoms with Crippen molar-refractivity contribution in [1.29, 1.82) is 0 Å². The van der Waals surface area contributed by atoms with Crippen LogP contribution in [0.25, 0.3) is 11.4 Å². The molecule has 0 amide bonds. The number of morpholine rings is 1. The SMILES string of the molecule is COC1=CN(c2cc(F)c(N3CCOCC3)cc2F)NC(c2ccnn2-c2ccccc2)=C1. The van der Waals surface area contributed by atoms with Gasteiger partial charge in [-0.05, 0) is 18.2 Å². The molecular formula is C24H23F2N5O2. The van der Waals surface area contributed by atoms with Gasteiger partial charge in [-0.2, -0.15) is 5.10 Å². The Morgan fingerprint density at radius 1 is 1.00 bits per heavy atom. The standard InChI is InChI=1S/C24H23F2N5O2/c1-32-18-13-21(22-7-8-27-31(22)17-5-3-2-4-6-17)28-30(16-18)24-15-19(25)23(14-20(24)26)29-9-11-33-12-10-29/h2-8,13-16,28H,9-12H2,1H3. The van der Waals surface area contributed by atoms with E-state index in [0.29, 0.717) is 37.8 Å². The quantitative estimate of drug-likeness (QED) is 0.636. The van der Waals surface area contributed by atoms with Gasteiger partial charge in [0.2, 0.25) is 0 Å². The number of hydrogen-bond acceptors (Lipinski definition) is 6. The zero-order chi connectivity index (χ0) is 22.8. The molecule has 5 rings (SSSR count). The van der Waals surface area contributed by atoms with E-state index in [9.17, 15) is 0 Å². The second-order valence-corrected chi connectivity index (χ2v) is 7.59. The van der Waals surface area contributed by atoms with Crippen molar-refractivity contribution < 1.29 is 18.3 Å². The molecule has 1 N–H and O–H groups in total. The summed E-state index contributed by atoms with van der Waals surface area (Å²) >= 11 is 0. The third-order valence-electron chi connectivity index (χ3n) is 5.57. The molecule has 2 aromatic carbocycles. The van der Waals surface area contributed by atoms with Gasteiger partial charge in [-0.15, -0.1) is 0 Å². The molecular weight excluding hydrogens is 428 g/mol. The van der Waals surface area contributed by atoms with Crippen LogP contribution in [0.1, 0.15) is 5.69 Å². The number of anilines is 2. The Morgan fingerprint density at radius 3 is 2.48 bits per heavy atom. The maximum absolute atomic E-state index is 15.2. The molecule has 3 aromatic rings. The summed E-state index contributed by atoms with van der Waals surface area (Å²) in [7, 11) is 1.52. The third kappa shape index (κ3) is 4.14. The summed E-state index contributed by atoms with van der Waals surface area (Å²) < 4.78 is 42.7. The highest BCUT2D eigenvalue weighted by atomic mass is 19.1. The molecule has 0 bridgehead atoms. The van der Waals surface area contributed by atoms with Gasteiger partial charge in [0.1, 0.15) is 17.3 Å². The van der Waals surface area contributed by atoms with Crippen molar-refractivity contribution >= 4 is 17.1 Å². The fourth-order valence-corrected chi connectivity index (χ4v) is 3.91. The maximum Gasteiger partial charge on any atom is 0.151 e. The zero-order valence-corrected chi connectivity index (χ0v) is 18.0. The van der Waals surface area contributed by atoms with Crippen LogP contribution in [0.3, 0.4) is 0 Å². The highest BCUT2D eigenvalue weighted by molar-refractivity contribution is 5.71. The topological polar surface area (TPSA) is 54.8 Å². The number of nitrogens with one attached hydrogen (secondary N) is 1. The van der Waals surface area contributed by atoms with E-state index in [1.165, 1.54) is 24.3 Å². The van der Waals surface area contributed by atoms with Crippen molar-refractivity contribution in [1.82, 2.24) is 15.2 Å². The van der Waals surface area contributed by atoms with Crippen LogP contribution in [0.15, 0.2) is 72.8 Å². The van der Waals surface area contributed by atoms with Crippen molar-refractivity contribution in [2.45, 2.75) is 0 Å². The minimum absolute atomic E-state index is 0.0374. The van der Waals surface area contributed by atoms with Crippen LogP contribution >= 0.6 is 0 Å². The van der Waals surface area contributed by atoms with Gasteiger partial charge < -0.3 is 14.4 Å². The van der Waals surface area contributed by atoms with Gasteiger partial charge in [-0.25, -0.2) is 13.5 Å². The predicted octanol–water partition coefficient (Wildman–Crippen LogP) is 3.84. The maximum atomic E-state index is 15.2. The van der Waals surface area contributed by atoms with Gasteiger partial charge in [-0.3, -0.25) is 10.4 Å². The van der Waals surface area contributed by atoms with E-state index in [-0.39, 0.29) is 11.4 Å². The van der Waals surface area contributed by atoms with Crippen molar-refractivity contribution in [2.75, 3.05) is 43.3 Å². The first-order valence-electron chi connectivity index (χ1n) is 10.6. The first-order valence-corrected chi connectivity index (χ1v) is 10.6. The fraction of sp³-hybridized carbons (Fsp3) is 0.208. The normalized spacial score (nSPS) is 16.2. The number of aromatic nitrogens is 2. The van der Waals surface area contributed by atoms with Gasteiger partial charge in [0.15, 0.2) is 5.82 Å². The summed E-state index contributed by atoms with van der Waals surface area (Å²) in [5.74, 6) is -0.593. The van der Waals surface area contributed by atoms with Gasteiger partial charge in [0.05, 0.1) is 55.5 Å². The molecule has 2 aliphatic rings. The van der Waals surface area contributed by atoms with Crippen molar-refractivity contribution in [3.63, 3.8) is 0 Å². The number of ether oxygens (including phenoxy) is 2. The van der Waals surface area contributed by atoms with Crippen LogP contribution in [0.4, 0.5) is 20.2 Å². The molecule has 0 aliphatic carbocycles. The van der Waals surface area contributed by atoms with E-state index in [1.807, 2.05) is 36.4 Å². The molecule has 0 radical (unpaired) electrons. The number of allylic oxidation sites excluding steroid dienone is 1. The lowest BCUT2D eigenvalue weighted by molar-refractivity contribution is 0.122. The second kappa shape index (κ2) is 8.95. The van der Waals surface area contributed by atoms with Crippen LogP contribution in [-0.4, -0.2) is 43.2 Å². The van der Waals surface area contributed by atoms with E-state index in [1.54, 1.807) is 28.1 Å². The van der Waals surface area contributed by atoms with Crippen LogP contribution in [0.2, 0.25) is 0 Å². The molecule has 0 unspecified atom stereocenters. The highest BCUT2D eigenvalue weighted by Crippen LogP contribution is 2.31.